The molecule has 2 aromatic rings. The maximum Gasteiger partial charge on any atom is 0.261 e. The Morgan fingerprint density at radius 1 is 1.00 bits per heavy atom. The van der Waals surface area contributed by atoms with Gasteiger partial charge in [0.25, 0.3) is 15.9 Å². The van der Waals surface area contributed by atoms with E-state index in [2.05, 4.69) is 10.0 Å². The lowest BCUT2D eigenvalue weighted by Crippen LogP contribution is -2.36. The zero-order chi connectivity index (χ0) is 20.3. The molecule has 0 unspecified atom stereocenters. The van der Waals surface area contributed by atoms with Crippen LogP contribution in [0.5, 0.6) is 0 Å². The van der Waals surface area contributed by atoms with Crippen LogP contribution in [0.25, 0.3) is 0 Å². The molecule has 150 valence electrons. The third-order valence-corrected chi connectivity index (χ3v) is 6.75. The van der Waals surface area contributed by atoms with Crippen LogP contribution in [0.2, 0.25) is 5.02 Å². The molecule has 0 aliphatic heterocycles. The number of hydrogen-bond donors (Lipinski definition) is 2. The highest BCUT2D eigenvalue weighted by molar-refractivity contribution is 7.92. The molecule has 0 aromatic heterocycles. The number of hydrogen-bond acceptors (Lipinski definition) is 3. The van der Waals surface area contributed by atoms with Crippen LogP contribution in [0.4, 0.5) is 5.69 Å². The molecule has 1 amide bonds. The largest absolute Gasteiger partial charge is 0.349 e. The van der Waals surface area contributed by atoms with Crippen LogP contribution in [0, 0.1) is 13.8 Å². The number of aryl methyl sites for hydroxylation is 2. The van der Waals surface area contributed by atoms with Gasteiger partial charge in [0.15, 0.2) is 0 Å². The molecule has 1 fully saturated rings. The van der Waals surface area contributed by atoms with Crippen LogP contribution in [0.15, 0.2) is 41.3 Å². The van der Waals surface area contributed by atoms with Crippen LogP contribution in [-0.2, 0) is 10.0 Å². The minimum atomic E-state index is -3.85. The zero-order valence-electron chi connectivity index (χ0n) is 16.1. The molecular weight excluding hydrogens is 396 g/mol. The number of amides is 1. The summed E-state index contributed by atoms with van der Waals surface area (Å²) in [5.74, 6) is -0.222. The van der Waals surface area contributed by atoms with Crippen LogP contribution < -0.4 is 10.0 Å². The molecule has 0 heterocycles. The van der Waals surface area contributed by atoms with Crippen molar-refractivity contribution in [2.24, 2.45) is 0 Å². The van der Waals surface area contributed by atoms with Gasteiger partial charge >= 0.3 is 0 Å². The number of carbonyl (C=O) groups is 1. The monoisotopic (exact) mass is 420 g/mol. The first kappa shape index (κ1) is 20.7. The van der Waals surface area contributed by atoms with Crippen LogP contribution >= 0.6 is 11.6 Å². The Morgan fingerprint density at radius 2 is 1.68 bits per heavy atom. The molecule has 0 radical (unpaired) electrons. The quantitative estimate of drug-likeness (QED) is 0.728. The fraction of sp³-hybridized carbons (Fsp3) is 0.381. The van der Waals surface area contributed by atoms with Crippen molar-refractivity contribution in [3.05, 3.63) is 58.1 Å². The van der Waals surface area contributed by atoms with Gasteiger partial charge in [-0.05, 0) is 62.1 Å². The predicted molar refractivity (Wildman–Crippen MR) is 113 cm³/mol. The van der Waals surface area contributed by atoms with Gasteiger partial charge in [-0.25, -0.2) is 8.42 Å². The minimum Gasteiger partial charge on any atom is -0.349 e. The molecule has 0 bridgehead atoms. The first-order chi connectivity index (χ1) is 13.3. The highest BCUT2D eigenvalue weighted by Crippen LogP contribution is 2.25. The normalized spacial score (nSPS) is 15.2. The Bertz CT molecular complexity index is 983. The molecule has 1 saturated carbocycles. The van der Waals surface area contributed by atoms with E-state index >= 15 is 0 Å². The fourth-order valence-corrected chi connectivity index (χ4v) is 4.75. The number of benzene rings is 2. The molecule has 28 heavy (non-hydrogen) atoms. The van der Waals surface area contributed by atoms with Crippen molar-refractivity contribution in [2.75, 3.05) is 4.72 Å². The van der Waals surface area contributed by atoms with Gasteiger partial charge in [-0.3, -0.25) is 9.52 Å². The number of rotatable bonds is 5. The van der Waals surface area contributed by atoms with E-state index in [0.29, 0.717) is 16.3 Å². The van der Waals surface area contributed by atoms with Crippen molar-refractivity contribution in [2.45, 2.75) is 56.9 Å². The Balaban J connectivity index is 1.84. The Hall–Kier alpha value is -2.05. The second-order valence-electron chi connectivity index (χ2n) is 7.35. The molecule has 2 aromatic carbocycles. The zero-order valence-corrected chi connectivity index (χ0v) is 17.7. The maximum absolute atomic E-state index is 12.9. The van der Waals surface area contributed by atoms with E-state index in [-0.39, 0.29) is 16.8 Å². The Kier molecular flexibility index (Phi) is 6.30. The number of sulfonamides is 1. The summed E-state index contributed by atoms with van der Waals surface area (Å²) in [7, 11) is -3.85. The maximum atomic E-state index is 12.9. The first-order valence-corrected chi connectivity index (χ1v) is 11.3. The summed E-state index contributed by atoms with van der Waals surface area (Å²) in [6.45, 7) is 3.60. The average molecular weight is 421 g/mol. The molecule has 5 nitrogen and oxygen atoms in total. The predicted octanol–water partition coefficient (Wildman–Crippen LogP) is 4.82. The van der Waals surface area contributed by atoms with Gasteiger partial charge in [-0.2, -0.15) is 0 Å². The van der Waals surface area contributed by atoms with Crippen LogP contribution in [0.1, 0.15) is 53.6 Å². The van der Waals surface area contributed by atoms with E-state index in [4.69, 9.17) is 11.6 Å². The van der Waals surface area contributed by atoms with Crippen LogP contribution in [0.3, 0.4) is 0 Å². The summed E-state index contributed by atoms with van der Waals surface area (Å²) in [4.78, 5) is 12.8. The van der Waals surface area contributed by atoms with Crippen molar-refractivity contribution < 1.29 is 13.2 Å². The van der Waals surface area contributed by atoms with Gasteiger partial charge in [0, 0.05) is 16.6 Å². The summed E-state index contributed by atoms with van der Waals surface area (Å²) < 4.78 is 28.3. The molecule has 0 saturated heterocycles. The number of anilines is 1. The first-order valence-electron chi connectivity index (χ1n) is 9.47. The summed E-state index contributed by atoms with van der Waals surface area (Å²) in [5.41, 5.74) is 2.30. The summed E-state index contributed by atoms with van der Waals surface area (Å²) in [5, 5.41) is 3.49. The highest BCUT2D eigenvalue weighted by Gasteiger charge is 2.21. The SMILES string of the molecule is Cc1ccc(Cl)cc1NS(=O)(=O)c1ccc(C)c(C(=O)NC2CCCCC2)c1. The fourth-order valence-electron chi connectivity index (χ4n) is 3.43. The van der Waals surface area contributed by atoms with E-state index in [0.717, 1.165) is 36.8 Å². The Morgan fingerprint density at radius 3 is 2.39 bits per heavy atom. The van der Waals surface area contributed by atoms with Gasteiger partial charge in [0.2, 0.25) is 0 Å². The smallest absolute Gasteiger partial charge is 0.261 e. The average Bonchev–Trinajstić information content (AvgIpc) is 2.65. The van der Waals surface area contributed by atoms with E-state index in [1.807, 2.05) is 0 Å². The molecule has 0 atom stereocenters. The van der Waals surface area contributed by atoms with Gasteiger partial charge in [0.1, 0.15) is 0 Å². The van der Waals surface area contributed by atoms with Crippen molar-refractivity contribution in [3.8, 4) is 0 Å². The molecule has 0 spiro atoms. The molecule has 1 aliphatic carbocycles. The number of carbonyl (C=O) groups excluding carboxylic acids is 1. The lowest BCUT2D eigenvalue weighted by Gasteiger charge is -2.23. The van der Waals surface area contributed by atoms with Crippen molar-refractivity contribution in [3.63, 3.8) is 0 Å². The minimum absolute atomic E-state index is 0.0475. The Labute approximate surface area is 171 Å². The number of nitrogens with one attached hydrogen (secondary N) is 2. The van der Waals surface area contributed by atoms with E-state index in [1.54, 1.807) is 38.1 Å². The van der Waals surface area contributed by atoms with E-state index in [9.17, 15) is 13.2 Å². The summed E-state index contributed by atoms with van der Waals surface area (Å²) in [6, 6.07) is 9.79. The van der Waals surface area contributed by atoms with E-state index < -0.39 is 10.0 Å². The molecule has 3 rings (SSSR count). The van der Waals surface area contributed by atoms with Crippen molar-refractivity contribution >= 4 is 33.2 Å². The summed E-state index contributed by atoms with van der Waals surface area (Å²) >= 11 is 5.98. The summed E-state index contributed by atoms with van der Waals surface area (Å²) in [6.07, 6.45) is 5.37. The molecule has 2 N–H and O–H groups in total. The standard InChI is InChI=1S/C21H25ClN2O3S/c1-14-9-11-18(13-19(14)21(25)23-17-6-4-3-5-7-17)28(26,27)24-20-12-16(22)10-8-15(20)2/h8-13,17,24H,3-7H2,1-2H3,(H,23,25). The van der Waals surface area contributed by atoms with Gasteiger partial charge < -0.3 is 5.32 Å². The number of halogens is 1. The second kappa shape index (κ2) is 8.53. The van der Waals surface area contributed by atoms with Crippen molar-refractivity contribution in [1.29, 1.82) is 0 Å². The van der Waals surface area contributed by atoms with Crippen molar-refractivity contribution in [1.82, 2.24) is 5.32 Å². The van der Waals surface area contributed by atoms with Gasteiger partial charge in [0.05, 0.1) is 10.6 Å². The highest BCUT2D eigenvalue weighted by atomic mass is 35.5. The third-order valence-electron chi connectivity index (χ3n) is 5.15. The van der Waals surface area contributed by atoms with Crippen LogP contribution in [-0.4, -0.2) is 20.4 Å². The van der Waals surface area contributed by atoms with E-state index in [1.165, 1.54) is 18.6 Å². The second-order valence-corrected chi connectivity index (χ2v) is 9.47. The lowest BCUT2D eigenvalue weighted by atomic mass is 9.95. The topological polar surface area (TPSA) is 75.3 Å². The molecule has 7 heteroatoms. The lowest BCUT2D eigenvalue weighted by molar-refractivity contribution is 0.0927. The van der Waals surface area contributed by atoms with Gasteiger partial charge in [-0.1, -0.05) is 43.0 Å². The molecule has 1 aliphatic rings. The third kappa shape index (κ3) is 4.86. The van der Waals surface area contributed by atoms with Gasteiger partial charge in [-0.15, -0.1) is 0 Å². The molecular formula is C21H25ClN2O3S.